The minimum Gasteiger partial charge on any atom is -0.478 e. The van der Waals surface area contributed by atoms with Crippen molar-refractivity contribution in [3.63, 3.8) is 0 Å². The van der Waals surface area contributed by atoms with Gasteiger partial charge in [0.25, 0.3) is 0 Å². The number of hydrogen-bond acceptors (Lipinski definition) is 3. The van der Waals surface area contributed by atoms with E-state index in [0.717, 1.165) is 6.07 Å². The number of halogens is 1. The highest BCUT2D eigenvalue weighted by Gasteiger charge is 2.16. The molecule has 1 aromatic carbocycles. The van der Waals surface area contributed by atoms with Crippen LogP contribution in [0.2, 0.25) is 0 Å². The second kappa shape index (κ2) is 4.60. The Bertz CT molecular complexity index is 590. The molecule has 4 nitrogen and oxygen atoms in total. The predicted molar refractivity (Wildman–Crippen MR) is 62.9 cm³/mol. The quantitative estimate of drug-likeness (QED) is 0.906. The van der Waals surface area contributed by atoms with Gasteiger partial charge in [-0.3, -0.25) is 0 Å². The molecule has 0 unspecified atom stereocenters. The van der Waals surface area contributed by atoms with Gasteiger partial charge in [0.05, 0.1) is 11.8 Å². The highest BCUT2D eigenvalue weighted by atomic mass is 19.1. The predicted octanol–water partition coefficient (Wildman–Crippen LogP) is 3.30. The first-order valence-electron chi connectivity index (χ1n) is 5.48. The van der Waals surface area contributed by atoms with E-state index in [-0.39, 0.29) is 11.5 Å². The summed E-state index contributed by atoms with van der Waals surface area (Å²) in [6.07, 6.45) is 1.47. The van der Waals surface area contributed by atoms with Crippen LogP contribution in [0.25, 0.3) is 11.1 Å². The fourth-order valence-electron chi connectivity index (χ4n) is 1.75. The molecule has 0 aliphatic carbocycles. The van der Waals surface area contributed by atoms with Crippen LogP contribution in [0, 0.1) is 5.82 Å². The summed E-state index contributed by atoms with van der Waals surface area (Å²) < 4.78 is 18.5. The molecule has 0 radical (unpaired) electrons. The number of aromatic carboxylic acids is 1. The number of rotatable bonds is 3. The van der Waals surface area contributed by atoms with E-state index in [9.17, 15) is 9.18 Å². The molecule has 0 saturated heterocycles. The minimum atomic E-state index is -1.17. The Balaban J connectivity index is 2.57. The van der Waals surface area contributed by atoms with Gasteiger partial charge in [-0.15, -0.1) is 0 Å². The van der Waals surface area contributed by atoms with Gasteiger partial charge in [0, 0.05) is 11.5 Å². The van der Waals surface area contributed by atoms with Crippen LogP contribution < -0.4 is 0 Å². The third-order valence-corrected chi connectivity index (χ3v) is 2.58. The Labute approximate surface area is 103 Å². The fraction of sp³-hybridized carbons (Fsp3) is 0.231. The molecule has 0 bridgehead atoms. The minimum absolute atomic E-state index is 0.0824. The summed E-state index contributed by atoms with van der Waals surface area (Å²) in [6.45, 7) is 3.84. The van der Waals surface area contributed by atoms with Crippen LogP contribution in [0.1, 0.15) is 35.9 Å². The topological polar surface area (TPSA) is 63.3 Å². The molecule has 0 fully saturated rings. The molecule has 18 heavy (non-hydrogen) atoms. The summed E-state index contributed by atoms with van der Waals surface area (Å²) in [7, 11) is 0. The van der Waals surface area contributed by atoms with Crippen molar-refractivity contribution >= 4 is 5.97 Å². The lowest BCUT2D eigenvalue weighted by Gasteiger charge is -2.05. The Morgan fingerprint density at radius 2 is 2.11 bits per heavy atom. The highest BCUT2D eigenvalue weighted by molar-refractivity contribution is 5.89. The van der Waals surface area contributed by atoms with Gasteiger partial charge in [-0.2, -0.15) is 0 Å². The van der Waals surface area contributed by atoms with E-state index < -0.39 is 11.8 Å². The maximum absolute atomic E-state index is 13.4. The summed E-state index contributed by atoms with van der Waals surface area (Å²) in [6, 6.07) is 3.66. The Hall–Kier alpha value is -2.17. The number of carboxylic acids is 1. The molecule has 2 rings (SSSR count). The molecule has 0 amide bonds. The van der Waals surface area contributed by atoms with Gasteiger partial charge in [0.2, 0.25) is 0 Å². The monoisotopic (exact) mass is 249 g/mol. The summed E-state index contributed by atoms with van der Waals surface area (Å²) in [4.78, 5) is 10.9. The number of hydrogen-bond donors (Lipinski definition) is 1. The summed E-state index contributed by atoms with van der Waals surface area (Å²) in [5.41, 5.74) is 0.977. The molecule has 0 spiro atoms. The second-order valence-electron chi connectivity index (χ2n) is 4.29. The summed E-state index contributed by atoms with van der Waals surface area (Å²) >= 11 is 0. The van der Waals surface area contributed by atoms with Gasteiger partial charge in [0.1, 0.15) is 11.6 Å². The first-order chi connectivity index (χ1) is 8.49. The van der Waals surface area contributed by atoms with Gasteiger partial charge < -0.3 is 9.63 Å². The van der Waals surface area contributed by atoms with E-state index in [4.69, 9.17) is 9.63 Å². The maximum atomic E-state index is 13.4. The summed E-state index contributed by atoms with van der Waals surface area (Å²) in [5, 5.41) is 12.6. The molecule has 0 aliphatic heterocycles. The van der Waals surface area contributed by atoms with Crippen LogP contribution in [0.4, 0.5) is 4.39 Å². The van der Waals surface area contributed by atoms with E-state index in [2.05, 4.69) is 5.16 Å². The molecule has 1 aromatic heterocycles. The van der Waals surface area contributed by atoms with Crippen molar-refractivity contribution < 1.29 is 18.8 Å². The molecule has 0 saturated carbocycles. The van der Waals surface area contributed by atoms with Gasteiger partial charge in [0.15, 0.2) is 0 Å². The zero-order chi connectivity index (χ0) is 13.3. The van der Waals surface area contributed by atoms with Crippen LogP contribution in [0.3, 0.4) is 0 Å². The molecule has 1 heterocycles. The average Bonchev–Trinajstić information content (AvgIpc) is 2.76. The Morgan fingerprint density at radius 1 is 1.39 bits per heavy atom. The number of carbonyl (C=O) groups is 1. The molecule has 0 aliphatic rings. The lowest BCUT2D eigenvalue weighted by atomic mass is 9.99. The molecule has 94 valence electrons. The first-order valence-corrected chi connectivity index (χ1v) is 5.48. The molecular formula is C13H12FNO3. The van der Waals surface area contributed by atoms with Crippen LogP contribution in [-0.4, -0.2) is 16.2 Å². The van der Waals surface area contributed by atoms with E-state index in [1.165, 1.54) is 18.3 Å². The van der Waals surface area contributed by atoms with E-state index in [1.54, 1.807) is 0 Å². The third kappa shape index (κ3) is 2.25. The van der Waals surface area contributed by atoms with E-state index >= 15 is 0 Å². The highest BCUT2D eigenvalue weighted by Crippen LogP contribution is 2.30. The van der Waals surface area contributed by atoms with Crippen LogP contribution in [0.5, 0.6) is 0 Å². The largest absolute Gasteiger partial charge is 0.478 e. The van der Waals surface area contributed by atoms with Crippen LogP contribution in [0.15, 0.2) is 28.9 Å². The lowest BCUT2D eigenvalue weighted by Crippen LogP contribution is -1.98. The fourth-order valence-corrected chi connectivity index (χ4v) is 1.75. The van der Waals surface area contributed by atoms with E-state index in [1.807, 2.05) is 13.8 Å². The van der Waals surface area contributed by atoms with Crippen LogP contribution in [-0.2, 0) is 0 Å². The normalized spacial score (nSPS) is 10.9. The smallest absolute Gasteiger partial charge is 0.335 e. The lowest BCUT2D eigenvalue weighted by molar-refractivity contribution is 0.0696. The number of nitrogens with zero attached hydrogens (tertiary/aromatic N) is 1. The van der Waals surface area contributed by atoms with Crippen molar-refractivity contribution in [1.29, 1.82) is 0 Å². The first kappa shape index (κ1) is 12.3. The van der Waals surface area contributed by atoms with Gasteiger partial charge >= 0.3 is 5.97 Å². The molecular weight excluding hydrogens is 237 g/mol. The SMILES string of the molecule is CC(C)c1oncc1-c1cc(F)cc(C(=O)O)c1. The Kier molecular flexibility index (Phi) is 3.14. The standard InChI is InChI=1S/C13H12FNO3/c1-7(2)12-11(6-15-18-12)8-3-9(13(16)17)5-10(14)4-8/h3-7H,1-2H3,(H,16,17). The van der Waals surface area contributed by atoms with E-state index in [0.29, 0.717) is 16.9 Å². The number of carboxylic acid groups (broad SMARTS) is 1. The van der Waals surface area contributed by atoms with Crippen molar-refractivity contribution in [2.24, 2.45) is 0 Å². The summed E-state index contributed by atoms with van der Waals surface area (Å²) in [5.74, 6) is -1.07. The van der Waals surface area contributed by atoms with Gasteiger partial charge in [-0.25, -0.2) is 9.18 Å². The average molecular weight is 249 g/mol. The number of aromatic nitrogens is 1. The molecule has 2 aromatic rings. The maximum Gasteiger partial charge on any atom is 0.335 e. The third-order valence-electron chi connectivity index (χ3n) is 2.58. The van der Waals surface area contributed by atoms with Crippen molar-refractivity contribution in [3.8, 4) is 11.1 Å². The van der Waals surface area contributed by atoms with Crippen molar-refractivity contribution in [1.82, 2.24) is 5.16 Å². The van der Waals surface area contributed by atoms with Gasteiger partial charge in [-0.05, 0) is 23.8 Å². The van der Waals surface area contributed by atoms with Crippen molar-refractivity contribution in [2.45, 2.75) is 19.8 Å². The molecule has 0 atom stereocenters. The zero-order valence-corrected chi connectivity index (χ0v) is 9.98. The Morgan fingerprint density at radius 3 is 2.72 bits per heavy atom. The van der Waals surface area contributed by atoms with Crippen molar-refractivity contribution in [3.05, 3.63) is 41.5 Å². The zero-order valence-electron chi connectivity index (χ0n) is 9.98. The second-order valence-corrected chi connectivity index (χ2v) is 4.29. The van der Waals surface area contributed by atoms with Crippen molar-refractivity contribution in [2.75, 3.05) is 0 Å². The molecule has 1 N–H and O–H groups in total. The molecule has 5 heteroatoms. The van der Waals surface area contributed by atoms with Crippen LogP contribution >= 0.6 is 0 Å². The van der Waals surface area contributed by atoms with Gasteiger partial charge in [-0.1, -0.05) is 19.0 Å². The number of benzene rings is 1.